The van der Waals surface area contributed by atoms with Gasteiger partial charge >= 0.3 is 0 Å². The van der Waals surface area contributed by atoms with Crippen molar-refractivity contribution >= 4 is 40.3 Å². The summed E-state index contributed by atoms with van der Waals surface area (Å²) in [6.07, 6.45) is 6.29. The van der Waals surface area contributed by atoms with E-state index >= 15 is 9.59 Å². The fraction of sp³-hybridized carbons (Fsp3) is 0.238. The molecule has 0 spiro atoms. The van der Waals surface area contributed by atoms with Crippen LogP contribution in [0.15, 0.2) is 126 Å². The van der Waals surface area contributed by atoms with Gasteiger partial charge in [0.2, 0.25) is 11.8 Å². The molecular formula is C42H33NO6S. The quantitative estimate of drug-likeness (QED) is 0.183. The lowest BCUT2D eigenvalue weighted by Gasteiger charge is -2.56. The first-order valence-corrected chi connectivity index (χ1v) is 17.9. The molecule has 4 aromatic rings. The number of carbonyl (C=O) groups is 4. The first kappa shape index (κ1) is 30.7. The number of aromatic hydroxyl groups is 1. The number of hydrogen-bond acceptors (Lipinski definition) is 7. The van der Waals surface area contributed by atoms with Crippen molar-refractivity contribution < 1.29 is 29.0 Å². The molecule has 1 aromatic heterocycles. The van der Waals surface area contributed by atoms with Gasteiger partial charge in [0.1, 0.15) is 11.5 Å². The molecule has 7 nitrogen and oxygen atoms in total. The number of ketones is 2. The molecule has 1 N–H and O–H groups in total. The number of carbonyl (C=O) groups excluding carboxylic acids is 4. The summed E-state index contributed by atoms with van der Waals surface area (Å²) in [6, 6.07) is 27.6. The van der Waals surface area contributed by atoms with Crippen molar-refractivity contribution in [3.05, 3.63) is 148 Å². The number of rotatable bonds is 5. The number of phenols is 1. The molecule has 3 aromatic carbocycles. The summed E-state index contributed by atoms with van der Waals surface area (Å²) < 4.78 is 6.20. The highest BCUT2D eigenvalue weighted by atomic mass is 32.1. The molecule has 3 heterocycles. The van der Waals surface area contributed by atoms with Crippen LogP contribution in [0.4, 0.5) is 0 Å². The van der Waals surface area contributed by atoms with E-state index in [1.165, 1.54) is 22.3 Å². The summed E-state index contributed by atoms with van der Waals surface area (Å²) in [7, 11) is 0. The molecule has 50 heavy (non-hydrogen) atoms. The smallest absolute Gasteiger partial charge is 0.234 e. The van der Waals surface area contributed by atoms with E-state index in [2.05, 4.69) is 6.08 Å². The summed E-state index contributed by atoms with van der Waals surface area (Å²) >= 11 is 1.51. The average Bonchev–Trinajstić information content (AvgIpc) is 3.75. The van der Waals surface area contributed by atoms with Crippen molar-refractivity contribution in [3.8, 4) is 11.5 Å². The number of amides is 2. The Kier molecular flexibility index (Phi) is 7.14. The fourth-order valence-corrected chi connectivity index (χ4v) is 10.2. The van der Waals surface area contributed by atoms with Gasteiger partial charge in [-0.25, -0.2) is 0 Å². The zero-order valence-electron chi connectivity index (χ0n) is 27.0. The third kappa shape index (κ3) is 4.47. The van der Waals surface area contributed by atoms with Gasteiger partial charge in [0, 0.05) is 34.3 Å². The van der Waals surface area contributed by atoms with Gasteiger partial charge in [0.25, 0.3) is 0 Å². The summed E-state index contributed by atoms with van der Waals surface area (Å²) in [5.74, 6) is -3.07. The number of nitrogens with zero attached hydrogens (tertiary/aromatic N) is 1. The number of fused-ring (bicyclic) bond motifs is 5. The standard InChI is InChI=1S/C42H33NO6S/c44-28-13-16-35-25(19-28)18-26(23-49-35)38-30-14-15-31-37(41(48)43(40(31)47)22-29-12-7-17-50-29)33(30)20-34-39(46)32(24-8-3-1-4-9-24)21-36(45)42(34,38)27-10-5-2-6-11-27/h1-14,16-17,19,21,23,31,33-34,37-38,44H,15,18,20,22H2. The third-order valence-electron chi connectivity index (χ3n) is 11.5. The van der Waals surface area contributed by atoms with E-state index in [0.717, 1.165) is 27.2 Å². The van der Waals surface area contributed by atoms with Crippen LogP contribution in [-0.2, 0) is 37.6 Å². The number of Topliss-reactive ketones (excluding diaryl/α,β-unsaturated/α-hetero) is 1. The van der Waals surface area contributed by atoms with Crippen LogP contribution in [0.1, 0.15) is 34.4 Å². The van der Waals surface area contributed by atoms with Gasteiger partial charge in [-0.15, -0.1) is 11.3 Å². The minimum absolute atomic E-state index is 0.103. The number of benzene rings is 3. The van der Waals surface area contributed by atoms with Gasteiger partial charge in [-0.2, -0.15) is 0 Å². The monoisotopic (exact) mass is 679 g/mol. The van der Waals surface area contributed by atoms with Gasteiger partial charge in [0.05, 0.1) is 30.1 Å². The van der Waals surface area contributed by atoms with E-state index in [1.807, 2.05) is 78.2 Å². The zero-order valence-corrected chi connectivity index (χ0v) is 27.8. The molecule has 6 unspecified atom stereocenters. The Bertz CT molecular complexity index is 2170. The van der Waals surface area contributed by atoms with Crippen LogP contribution in [0.2, 0.25) is 0 Å². The number of allylic oxidation sites excluding steroid dienone is 5. The Morgan fingerprint density at radius 2 is 1.66 bits per heavy atom. The summed E-state index contributed by atoms with van der Waals surface area (Å²) in [5, 5.41) is 12.3. The molecule has 8 heteroatoms. The molecule has 3 aliphatic carbocycles. The molecule has 0 radical (unpaired) electrons. The van der Waals surface area contributed by atoms with Crippen molar-refractivity contribution in [2.45, 2.75) is 31.2 Å². The van der Waals surface area contributed by atoms with Crippen LogP contribution >= 0.6 is 11.3 Å². The van der Waals surface area contributed by atoms with Crippen LogP contribution in [0, 0.1) is 29.6 Å². The normalized spacial score (nSPS) is 28.4. The molecule has 1 saturated heterocycles. The molecule has 2 aliphatic heterocycles. The van der Waals surface area contributed by atoms with E-state index in [9.17, 15) is 14.7 Å². The number of ether oxygens (including phenoxy) is 1. The van der Waals surface area contributed by atoms with Crippen molar-refractivity contribution in [3.63, 3.8) is 0 Å². The van der Waals surface area contributed by atoms with Gasteiger partial charge < -0.3 is 9.84 Å². The second-order valence-corrected chi connectivity index (χ2v) is 14.9. The summed E-state index contributed by atoms with van der Waals surface area (Å²) in [4.78, 5) is 60.9. The summed E-state index contributed by atoms with van der Waals surface area (Å²) in [5.41, 5.74) is 2.90. The Balaban J connectivity index is 1.24. The third-order valence-corrected chi connectivity index (χ3v) is 12.4. The van der Waals surface area contributed by atoms with Gasteiger partial charge in [-0.1, -0.05) is 78.4 Å². The van der Waals surface area contributed by atoms with Crippen molar-refractivity contribution in [1.82, 2.24) is 4.90 Å². The second-order valence-electron chi connectivity index (χ2n) is 13.9. The zero-order chi connectivity index (χ0) is 34.1. The van der Waals surface area contributed by atoms with Crippen LogP contribution in [0.25, 0.3) is 5.57 Å². The molecule has 0 bridgehead atoms. The lowest BCUT2D eigenvalue weighted by Crippen LogP contribution is -2.60. The Labute approximate surface area is 293 Å². The molecule has 6 atom stereocenters. The number of imide groups is 1. The second kappa shape index (κ2) is 11.6. The molecule has 2 fully saturated rings. The van der Waals surface area contributed by atoms with Gasteiger partial charge in [0.15, 0.2) is 11.6 Å². The van der Waals surface area contributed by atoms with Crippen LogP contribution in [-0.4, -0.2) is 33.4 Å². The number of thiophene rings is 1. The molecule has 1 saturated carbocycles. The lowest BCUT2D eigenvalue weighted by molar-refractivity contribution is -0.141. The highest BCUT2D eigenvalue weighted by Gasteiger charge is 2.66. The molecule has 2 amide bonds. The van der Waals surface area contributed by atoms with Crippen molar-refractivity contribution in [2.75, 3.05) is 0 Å². The molecule has 5 aliphatic rings. The first-order valence-electron chi connectivity index (χ1n) is 17.0. The van der Waals surface area contributed by atoms with E-state index in [0.29, 0.717) is 29.7 Å². The van der Waals surface area contributed by atoms with Crippen LogP contribution in [0.3, 0.4) is 0 Å². The largest absolute Gasteiger partial charge is 0.508 e. The van der Waals surface area contributed by atoms with Crippen molar-refractivity contribution in [2.24, 2.45) is 29.6 Å². The maximum Gasteiger partial charge on any atom is 0.234 e. The topological polar surface area (TPSA) is 101 Å². The molecule has 9 rings (SSSR count). The minimum atomic E-state index is -1.32. The van der Waals surface area contributed by atoms with E-state index in [1.54, 1.807) is 24.5 Å². The molecular weight excluding hydrogens is 647 g/mol. The predicted molar refractivity (Wildman–Crippen MR) is 188 cm³/mol. The van der Waals surface area contributed by atoms with E-state index < -0.39 is 35.0 Å². The Hall–Kier alpha value is -5.34. The highest BCUT2D eigenvalue weighted by molar-refractivity contribution is 7.09. The maximum atomic E-state index is 15.2. The van der Waals surface area contributed by atoms with Crippen LogP contribution < -0.4 is 4.74 Å². The number of phenolic OH excluding ortho intramolecular Hbond substituents is 1. The van der Waals surface area contributed by atoms with Crippen LogP contribution in [0.5, 0.6) is 11.5 Å². The fourth-order valence-electron chi connectivity index (χ4n) is 9.47. The lowest BCUT2D eigenvalue weighted by atomic mass is 9.44. The Morgan fingerprint density at radius 3 is 2.42 bits per heavy atom. The number of hydrogen-bond donors (Lipinski definition) is 1. The summed E-state index contributed by atoms with van der Waals surface area (Å²) in [6.45, 7) is 0.225. The van der Waals surface area contributed by atoms with E-state index in [-0.39, 0.29) is 42.1 Å². The average molecular weight is 680 g/mol. The van der Waals surface area contributed by atoms with Gasteiger partial charge in [-0.3, -0.25) is 24.1 Å². The SMILES string of the molecule is O=C1C(c2ccccc2)=CC(=O)C2(c3ccccc3)C1CC1C(=CCC3C(=O)N(Cc4cccs4)C(=O)C31)C2C1=COc2ccc(O)cc2C1. The maximum absolute atomic E-state index is 15.2. The Morgan fingerprint density at radius 1 is 0.880 bits per heavy atom. The minimum Gasteiger partial charge on any atom is -0.508 e. The molecule has 248 valence electrons. The van der Waals surface area contributed by atoms with Crippen molar-refractivity contribution in [1.29, 1.82) is 0 Å². The van der Waals surface area contributed by atoms with Gasteiger partial charge in [-0.05, 0) is 71.2 Å². The highest BCUT2D eigenvalue weighted by Crippen LogP contribution is 2.63. The predicted octanol–water partition coefficient (Wildman–Crippen LogP) is 6.83. The first-order chi connectivity index (χ1) is 24.4. The number of likely N-dealkylation sites (tertiary alicyclic amines) is 1. The van der Waals surface area contributed by atoms with E-state index in [4.69, 9.17) is 4.74 Å².